The van der Waals surface area contributed by atoms with E-state index in [1.165, 1.54) is 25.2 Å². The lowest BCUT2D eigenvalue weighted by Crippen LogP contribution is -2.55. The molecular formula is C34H43N3O6S. The van der Waals surface area contributed by atoms with E-state index in [0.29, 0.717) is 5.75 Å². The number of benzene rings is 3. The predicted molar refractivity (Wildman–Crippen MR) is 172 cm³/mol. The lowest BCUT2D eigenvalue weighted by molar-refractivity contribution is -0.140. The molecule has 1 aliphatic rings. The van der Waals surface area contributed by atoms with Crippen LogP contribution in [0.25, 0.3) is 0 Å². The van der Waals surface area contributed by atoms with Crippen LogP contribution in [-0.2, 0) is 32.6 Å². The lowest BCUT2D eigenvalue weighted by Gasteiger charge is -2.35. The van der Waals surface area contributed by atoms with Gasteiger partial charge in [-0.25, -0.2) is 8.42 Å². The van der Waals surface area contributed by atoms with E-state index < -0.39 is 28.5 Å². The van der Waals surface area contributed by atoms with E-state index in [2.05, 4.69) is 5.32 Å². The summed E-state index contributed by atoms with van der Waals surface area (Å²) in [5, 5.41) is 3.22. The van der Waals surface area contributed by atoms with Crippen molar-refractivity contribution in [3.8, 4) is 11.5 Å². The Bertz CT molecular complexity index is 1520. The maximum atomic E-state index is 14.4. The van der Waals surface area contributed by atoms with E-state index in [-0.39, 0.29) is 36.4 Å². The third-order valence-corrected chi connectivity index (χ3v) is 9.12. The minimum Gasteiger partial charge on any atom is -0.497 e. The zero-order valence-corrected chi connectivity index (χ0v) is 26.8. The molecule has 0 aliphatic heterocycles. The zero-order chi connectivity index (χ0) is 31.7. The smallest absolute Gasteiger partial charge is 0.244 e. The number of hydrogen-bond acceptors (Lipinski definition) is 6. The van der Waals surface area contributed by atoms with Crippen molar-refractivity contribution >= 4 is 27.5 Å². The molecule has 1 atom stereocenters. The van der Waals surface area contributed by atoms with Crippen molar-refractivity contribution in [3.63, 3.8) is 0 Å². The van der Waals surface area contributed by atoms with Crippen LogP contribution in [0.5, 0.6) is 11.5 Å². The maximum absolute atomic E-state index is 14.4. The Balaban J connectivity index is 1.76. The summed E-state index contributed by atoms with van der Waals surface area (Å²) < 4.78 is 38.2. The second-order valence-electron chi connectivity index (χ2n) is 11.4. The molecule has 2 amide bonds. The van der Waals surface area contributed by atoms with Crippen molar-refractivity contribution in [1.82, 2.24) is 10.2 Å². The van der Waals surface area contributed by atoms with Crippen molar-refractivity contribution < 1.29 is 27.5 Å². The molecule has 1 aliphatic carbocycles. The summed E-state index contributed by atoms with van der Waals surface area (Å²) in [6.07, 6.45) is 6.35. The van der Waals surface area contributed by atoms with Gasteiger partial charge in [0.15, 0.2) is 0 Å². The fraction of sp³-hybridized carbons (Fsp3) is 0.412. The molecule has 1 saturated carbocycles. The largest absolute Gasteiger partial charge is 0.497 e. The van der Waals surface area contributed by atoms with Crippen molar-refractivity contribution in [2.75, 3.05) is 31.3 Å². The fourth-order valence-corrected chi connectivity index (χ4v) is 6.54. The van der Waals surface area contributed by atoms with Gasteiger partial charge < -0.3 is 19.7 Å². The van der Waals surface area contributed by atoms with Crippen molar-refractivity contribution in [2.45, 2.75) is 64.1 Å². The van der Waals surface area contributed by atoms with E-state index in [1.54, 1.807) is 12.1 Å². The second kappa shape index (κ2) is 15.1. The number of anilines is 1. The molecule has 236 valence electrons. The third kappa shape index (κ3) is 8.75. The van der Waals surface area contributed by atoms with Crippen molar-refractivity contribution in [3.05, 3.63) is 89.5 Å². The molecule has 3 aromatic rings. The Morgan fingerprint density at radius 1 is 0.909 bits per heavy atom. The molecule has 0 saturated heterocycles. The molecule has 1 N–H and O–H groups in total. The number of ether oxygens (including phenoxy) is 2. The lowest BCUT2D eigenvalue weighted by atomic mass is 9.94. The minimum absolute atomic E-state index is 0.0407. The Morgan fingerprint density at radius 2 is 1.61 bits per heavy atom. The number of rotatable bonds is 13. The first-order valence-corrected chi connectivity index (χ1v) is 16.8. The first-order valence-electron chi connectivity index (χ1n) is 15.0. The monoisotopic (exact) mass is 621 g/mol. The SMILES string of the molecule is COc1ccc(OC)c(N(CC(=O)N(Cc2cccc(C)c2)C(Cc2ccccc2)C(=O)NC2CCCCC2)S(C)(=O)=O)c1. The Kier molecular flexibility index (Phi) is 11.3. The number of nitrogens with one attached hydrogen (secondary N) is 1. The second-order valence-corrected chi connectivity index (χ2v) is 13.3. The van der Waals surface area contributed by atoms with Gasteiger partial charge in [0.05, 0.1) is 26.2 Å². The summed E-state index contributed by atoms with van der Waals surface area (Å²) in [6, 6.07) is 21.3. The van der Waals surface area contributed by atoms with E-state index >= 15 is 0 Å². The molecule has 9 nitrogen and oxygen atoms in total. The van der Waals surface area contributed by atoms with Gasteiger partial charge in [0.2, 0.25) is 21.8 Å². The van der Waals surface area contributed by atoms with Crippen LogP contribution < -0.4 is 19.1 Å². The molecular weight excluding hydrogens is 578 g/mol. The first kappa shape index (κ1) is 32.9. The average Bonchev–Trinajstić information content (AvgIpc) is 3.01. The molecule has 0 heterocycles. The normalized spacial score (nSPS) is 14.4. The molecule has 44 heavy (non-hydrogen) atoms. The Hall–Kier alpha value is -4.05. The molecule has 0 radical (unpaired) electrons. The number of nitrogens with zero attached hydrogens (tertiary/aromatic N) is 2. The van der Waals surface area contributed by atoms with Crippen LogP contribution in [0, 0.1) is 6.92 Å². The van der Waals surface area contributed by atoms with Gasteiger partial charge in [-0.2, -0.15) is 0 Å². The Morgan fingerprint density at radius 3 is 2.25 bits per heavy atom. The van der Waals surface area contributed by atoms with Gasteiger partial charge >= 0.3 is 0 Å². The van der Waals surface area contributed by atoms with E-state index in [1.807, 2.05) is 61.5 Å². The van der Waals surface area contributed by atoms with Gasteiger partial charge in [-0.3, -0.25) is 13.9 Å². The summed E-state index contributed by atoms with van der Waals surface area (Å²) in [7, 11) is -1.05. The number of aryl methyl sites for hydroxylation is 1. The van der Waals surface area contributed by atoms with Gasteiger partial charge in [0.25, 0.3) is 0 Å². The quantitative estimate of drug-likeness (QED) is 0.292. The predicted octanol–water partition coefficient (Wildman–Crippen LogP) is 4.87. The highest BCUT2D eigenvalue weighted by Crippen LogP contribution is 2.34. The number of sulfonamides is 1. The van der Waals surface area contributed by atoms with E-state index in [9.17, 15) is 18.0 Å². The van der Waals surface area contributed by atoms with Gasteiger partial charge in [0.1, 0.15) is 24.1 Å². The highest BCUT2D eigenvalue weighted by atomic mass is 32.2. The summed E-state index contributed by atoms with van der Waals surface area (Å²) >= 11 is 0. The van der Waals surface area contributed by atoms with Crippen LogP contribution in [0.1, 0.15) is 48.8 Å². The topological polar surface area (TPSA) is 105 Å². The van der Waals surface area contributed by atoms with Crippen LogP contribution in [0.3, 0.4) is 0 Å². The molecule has 0 spiro atoms. The van der Waals surface area contributed by atoms with Gasteiger partial charge in [-0.1, -0.05) is 79.4 Å². The van der Waals surface area contributed by atoms with Crippen LogP contribution in [-0.4, -0.2) is 64.2 Å². The van der Waals surface area contributed by atoms with Gasteiger partial charge in [0, 0.05) is 25.1 Å². The summed E-state index contributed by atoms with van der Waals surface area (Å²) in [4.78, 5) is 30.0. The minimum atomic E-state index is -3.96. The summed E-state index contributed by atoms with van der Waals surface area (Å²) in [5.74, 6) is -0.0781. The molecule has 4 rings (SSSR count). The first-order chi connectivity index (χ1) is 21.1. The molecule has 0 bridgehead atoms. The van der Waals surface area contributed by atoms with Crippen LogP contribution in [0.4, 0.5) is 5.69 Å². The molecule has 3 aromatic carbocycles. The van der Waals surface area contributed by atoms with Gasteiger partial charge in [-0.15, -0.1) is 0 Å². The fourth-order valence-electron chi connectivity index (χ4n) is 5.69. The molecule has 1 unspecified atom stereocenters. The highest BCUT2D eigenvalue weighted by Gasteiger charge is 2.34. The van der Waals surface area contributed by atoms with E-state index in [0.717, 1.165) is 59.4 Å². The number of amides is 2. The van der Waals surface area contributed by atoms with Crippen LogP contribution >= 0.6 is 0 Å². The van der Waals surface area contributed by atoms with Gasteiger partial charge in [-0.05, 0) is 43.0 Å². The van der Waals surface area contributed by atoms with Crippen molar-refractivity contribution in [2.24, 2.45) is 0 Å². The molecule has 10 heteroatoms. The maximum Gasteiger partial charge on any atom is 0.244 e. The molecule has 1 fully saturated rings. The summed E-state index contributed by atoms with van der Waals surface area (Å²) in [5.41, 5.74) is 2.92. The third-order valence-electron chi connectivity index (χ3n) is 7.99. The number of hydrogen-bond donors (Lipinski definition) is 1. The summed E-state index contributed by atoms with van der Waals surface area (Å²) in [6.45, 7) is 1.56. The van der Waals surface area contributed by atoms with Crippen molar-refractivity contribution in [1.29, 1.82) is 0 Å². The van der Waals surface area contributed by atoms with E-state index in [4.69, 9.17) is 9.47 Å². The number of carbonyl (C=O) groups excluding carboxylic acids is 2. The highest BCUT2D eigenvalue weighted by molar-refractivity contribution is 7.92. The zero-order valence-electron chi connectivity index (χ0n) is 26.0. The number of methoxy groups -OCH3 is 2. The Labute approximate surface area is 261 Å². The molecule has 0 aromatic heterocycles. The van der Waals surface area contributed by atoms with Crippen LogP contribution in [0.2, 0.25) is 0 Å². The van der Waals surface area contributed by atoms with Crippen LogP contribution in [0.15, 0.2) is 72.8 Å². The number of carbonyl (C=O) groups is 2. The standard InChI is InChI=1S/C34H43N3O6S/c1-25-12-11-15-27(20-25)23-36(31(21-26-13-7-5-8-14-26)34(39)35-28-16-9-6-10-17-28)33(38)24-37(44(4,40)41)30-22-29(42-2)18-19-32(30)43-3/h5,7-8,11-15,18-20,22,28,31H,6,9-10,16-17,21,23-24H2,1-4H3,(H,35,39). The average molecular weight is 622 g/mol.